The third-order valence-electron chi connectivity index (χ3n) is 3.95. The van der Waals surface area contributed by atoms with Crippen molar-refractivity contribution in [2.24, 2.45) is 10.2 Å². The molecule has 0 aliphatic rings. The van der Waals surface area contributed by atoms with Gasteiger partial charge in [-0.25, -0.2) is 9.48 Å². The lowest BCUT2D eigenvalue weighted by Crippen LogP contribution is -2.13. The van der Waals surface area contributed by atoms with Gasteiger partial charge in [0, 0.05) is 5.41 Å². The Hall–Kier alpha value is -4.00. The van der Waals surface area contributed by atoms with Crippen LogP contribution in [0.5, 0.6) is 0 Å². The van der Waals surface area contributed by atoms with Crippen LogP contribution >= 0.6 is 0 Å². The van der Waals surface area contributed by atoms with Crippen molar-refractivity contribution < 1.29 is 9.90 Å². The van der Waals surface area contributed by atoms with Gasteiger partial charge in [0.15, 0.2) is 11.4 Å². The fraction of sp³-hybridized carbons (Fsp3) is 0.222. The first-order valence-electron chi connectivity index (χ1n) is 8.28. The lowest BCUT2D eigenvalue weighted by molar-refractivity contribution is 0.0691. The number of carboxylic acids is 1. The van der Waals surface area contributed by atoms with Gasteiger partial charge in [-0.2, -0.15) is 10.4 Å². The maximum atomic E-state index is 12.7. The van der Waals surface area contributed by atoms with Gasteiger partial charge in [-0.1, -0.05) is 39.0 Å². The lowest BCUT2D eigenvalue weighted by Gasteiger charge is -2.15. The first-order valence-corrected chi connectivity index (χ1v) is 8.28. The number of aromatic nitrogens is 4. The number of hydrogen-bond acceptors (Lipinski definition) is 6. The maximum Gasteiger partial charge on any atom is 0.356 e. The van der Waals surface area contributed by atoms with Crippen LogP contribution in [0.15, 0.2) is 45.4 Å². The van der Waals surface area contributed by atoms with Gasteiger partial charge < -0.3 is 5.11 Å². The van der Waals surface area contributed by atoms with E-state index in [0.717, 1.165) is 4.68 Å². The molecule has 10 heteroatoms. The molecule has 142 valence electrons. The molecule has 1 aromatic carbocycles. The van der Waals surface area contributed by atoms with E-state index in [4.69, 9.17) is 0 Å². The highest BCUT2D eigenvalue weighted by Crippen LogP contribution is 2.30. The molecule has 0 amide bonds. The molecule has 0 unspecified atom stereocenters. The third kappa shape index (κ3) is 3.33. The summed E-state index contributed by atoms with van der Waals surface area (Å²) in [4.78, 5) is 24.2. The number of benzene rings is 1. The molecule has 3 rings (SSSR count). The fourth-order valence-corrected chi connectivity index (χ4v) is 2.58. The Morgan fingerprint density at radius 1 is 1.25 bits per heavy atom. The molecule has 0 bridgehead atoms. The largest absolute Gasteiger partial charge is 0.476 e. The summed E-state index contributed by atoms with van der Waals surface area (Å²) in [5.41, 5.74) is -0.665. The molecule has 2 aromatic heterocycles. The number of nitrogens with one attached hydrogen (secondary N) is 2. The van der Waals surface area contributed by atoms with Gasteiger partial charge in [0.2, 0.25) is 5.82 Å². The van der Waals surface area contributed by atoms with E-state index in [0.29, 0.717) is 11.4 Å². The molecule has 0 saturated carbocycles. The third-order valence-corrected chi connectivity index (χ3v) is 3.95. The molecule has 0 aliphatic carbocycles. The minimum atomic E-state index is -1.36. The predicted octanol–water partition coefficient (Wildman–Crippen LogP) is 3.17. The van der Waals surface area contributed by atoms with Crippen molar-refractivity contribution in [3.63, 3.8) is 0 Å². The van der Waals surface area contributed by atoms with E-state index in [2.05, 4.69) is 25.5 Å². The summed E-state index contributed by atoms with van der Waals surface area (Å²) in [5, 5.41) is 35.7. The monoisotopic (exact) mass is 379 g/mol. The average Bonchev–Trinajstić information content (AvgIpc) is 3.21. The van der Waals surface area contributed by atoms with Crippen molar-refractivity contribution in [2.75, 3.05) is 0 Å². The molecule has 0 fully saturated rings. The highest BCUT2D eigenvalue weighted by molar-refractivity contribution is 5.90. The minimum Gasteiger partial charge on any atom is -0.476 e. The first-order chi connectivity index (χ1) is 13.2. The average molecular weight is 379 g/mol. The molecule has 2 heterocycles. The normalized spacial score (nSPS) is 11.6. The SMILES string of the molecule is CC(C)(C)c1[nH]nc(N=Nc2c(C(=O)O)[nH]n(-c3ccccc3)c2=O)c1C#N. The Kier molecular flexibility index (Phi) is 4.67. The van der Waals surface area contributed by atoms with E-state index in [1.807, 2.05) is 26.8 Å². The van der Waals surface area contributed by atoms with E-state index in [9.17, 15) is 20.0 Å². The van der Waals surface area contributed by atoms with E-state index >= 15 is 0 Å². The summed E-state index contributed by atoms with van der Waals surface area (Å²) < 4.78 is 1.06. The number of aromatic carboxylic acids is 1. The van der Waals surface area contributed by atoms with Gasteiger partial charge in [0.25, 0.3) is 5.56 Å². The molecule has 10 nitrogen and oxygen atoms in total. The molecular formula is C18H17N7O3. The molecule has 3 N–H and O–H groups in total. The van der Waals surface area contributed by atoms with Crippen molar-refractivity contribution in [1.82, 2.24) is 20.0 Å². The summed E-state index contributed by atoms with van der Waals surface area (Å²) in [6.07, 6.45) is 0. The summed E-state index contributed by atoms with van der Waals surface area (Å²) in [5.74, 6) is -1.38. The number of para-hydroxylation sites is 1. The number of nitrogens with zero attached hydrogens (tertiary/aromatic N) is 5. The Morgan fingerprint density at radius 2 is 1.93 bits per heavy atom. The van der Waals surface area contributed by atoms with Crippen LogP contribution in [0.1, 0.15) is 42.5 Å². The Morgan fingerprint density at radius 3 is 2.50 bits per heavy atom. The second kappa shape index (κ2) is 6.96. The number of nitriles is 1. The van der Waals surface area contributed by atoms with E-state index < -0.39 is 17.2 Å². The van der Waals surface area contributed by atoms with Crippen LogP contribution in [0.25, 0.3) is 5.69 Å². The smallest absolute Gasteiger partial charge is 0.356 e. The molecule has 0 aliphatic heterocycles. The van der Waals surface area contributed by atoms with Crippen LogP contribution in [0, 0.1) is 11.3 Å². The van der Waals surface area contributed by atoms with Gasteiger partial charge in [-0.3, -0.25) is 15.0 Å². The van der Waals surface area contributed by atoms with E-state index in [1.165, 1.54) is 0 Å². The Balaban J connectivity index is 2.10. The fourth-order valence-electron chi connectivity index (χ4n) is 2.58. The minimum absolute atomic E-state index is 0.0179. The predicted molar refractivity (Wildman–Crippen MR) is 99.5 cm³/mol. The molecule has 3 aromatic rings. The van der Waals surface area contributed by atoms with Crippen molar-refractivity contribution in [3.8, 4) is 11.8 Å². The Labute approximate surface area is 159 Å². The number of carbonyl (C=O) groups is 1. The van der Waals surface area contributed by atoms with Gasteiger partial charge in [0.1, 0.15) is 11.6 Å². The second-order valence-electron chi connectivity index (χ2n) is 6.98. The number of H-pyrrole nitrogens is 2. The molecular weight excluding hydrogens is 362 g/mol. The molecule has 0 radical (unpaired) electrons. The number of rotatable bonds is 4. The van der Waals surface area contributed by atoms with Gasteiger partial charge in [-0.05, 0) is 12.1 Å². The van der Waals surface area contributed by atoms with E-state index in [-0.39, 0.29) is 22.5 Å². The molecule has 0 spiro atoms. The van der Waals surface area contributed by atoms with Crippen molar-refractivity contribution in [2.45, 2.75) is 26.2 Å². The number of azo groups is 1. The van der Waals surface area contributed by atoms with Gasteiger partial charge in [-0.15, -0.1) is 10.2 Å². The van der Waals surface area contributed by atoms with Crippen molar-refractivity contribution in [3.05, 3.63) is 57.6 Å². The quantitative estimate of drug-likeness (QED) is 0.594. The van der Waals surface area contributed by atoms with Crippen LogP contribution < -0.4 is 5.56 Å². The number of carboxylic acid groups (broad SMARTS) is 1. The molecule has 0 saturated heterocycles. The highest BCUT2D eigenvalue weighted by Gasteiger charge is 2.25. The summed E-state index contributed by atoms with van der Waals surface area (Å²) in [7, 11) is 0. The molecule has 0 atom stereocenters. The van der Waals surface area contributed by atoms with Gasteiger partial charge >= 0.3 is 5.97 Å². The zero-order valence-corrected chi connectivity index (χ0v) is 15.4. The van der Waals surface area contributed by atoms with Crippen molar-refractivity contribution in [1.29, 1.82) is 5.26 Å². The highest BCUT2D eigenvalue weighted by atomic mass is 16.4. The Bertz CT molecular complexity index is 1150. The van der Waals surface area contributed by atoms with Crippen LogP contribution in [0.3, 0.4) is 0 Å². The summed E-state index contributed by atoms with van der Waals surface area (Å²) >= 11 is 0. The first kappa shape index (κ1) is 18.8. The zero-order valence-electron chi connectivity index (χ0n) is 15.4. The summed E-state index contributed by atoms with van der Waals surface area (Å²) in [6, 6.07) is 10.5. The van der Waals surface area contributed by atoms with Crippen LogP contribution in [-0.2, 0) is 5.41 Å². The second-order valence-corrected chi connectivity index (χ2v) is 6.98. The van der Waals surface area contributed by atoms with Gasteiger partial charge in [0.05, 0.1) is 11.4 Å². The maximum absolute atomic E-state index is 12.7. The number of aromatic amines is 2. The number of hydrogen-bond donors (Lipinski definition) is 3. The van der Waals surface area contributed by atoms with Crippen LogP contribution in [-0.4, -0.2) is 31.1 Å². The molecule has 28 heavy (non-hydrogen) atoms. The van der Waals surface area contributed by atoms with Crippen LogP contribution in [0.4, 0.5) is 11.5 Å². The summed E-state index contributed by atoms with van der Waals surface area (Å²) in [6.45, 7) is 5.69. The van der Waals surface area contributed by atoms with E-state index in [1.54, 1.807) is 30.3 Å². The van der Waals surface area contributed by atoms with Crippen LogP contribution in [0.2, 0.25) is 0 Å². The standard InChI is InChI=1S/C18H17N7O3/c1-18(2,3)14-11(9-19)15(23-21-14)22-20-12-13(17(27)28)24-25(16(12)26)10-7-5-4-6-8-10/h4-8,24H,1-3H3,(H,21,23)(H,27,28). The topological polar surface area (TPSA) is 152 Å². The van der Waals surface area contributed by atoms with Crippen molar-refractivity contribution >= 4 is 17.5 Å². The zero-order chi connectivity index (χ0) is 20.5. The lowest BCUT2D eigenvalue weighted by atomic mass is 9.90.